The summed E-state index contributed by atoms with van der Waals surface area (Å²) in [6, 6.07) is 20.3. The number of hydrogen-bond donors (Lipinski definition) is 0. The zero-order valence-electron chi connectivity index (χ0n) is 17.7. The van der Waals surface area contributed by atoms with Crippen LogP contribution in [0, 0.1) is 39.9 Å². The van der Waals surface area contributed by atoms with E-state index >= 15 is 0 Å². The van der Waals surface area contributed by atoms with Crippen molar-refractivity contribution >= 4 is 5.97 Å². The molecule has 2 aromatic carbocycles. The summed E-state index contributed by atoms with van der Waals surface area (Å²) in [4.78, 5) is 12.8. The van der Waals surface area contributed by atoms with E-state index < -0.39 is 18.0 Å². The number of carbonyl (C=O) groups is 1. The molecule has 3 rings (SSSR count). The molecule has 1 saturated carbocycles. The second-order valence-electron chi connectivity index (χ2n) is 7.83. The first-order valence-corrected chi connectivity index (χ1v) is 10.1. The minimum atomic E-state index is -1.06. The number of benzene rings is 2. The fourth-order valence-corrected chi connectivity index (χ4v) is 3.60. The Morgan fingerprint density at radius 1 is 1.13 bits per heavy atom. The van der Waals surface area contributed by atoms with Crippen molar-refractivity contribution in [3.05, 3.63) is 72.0 Å². The van der Waals surface area contributed by atoms with Gasteiger partial charge < -0.3 is 14.2 Å². The molecule has 1 aliphatic carbocycles. The Labute approximate surface area is 182 Å². The summed E-state index contributed by atoms with van der Waals surface area (Å²) in [5, 5.41) is 18.8. The Hall–Kier alpha value is -3.77. The fraction of sp³-hybridized carbons (Fsp3) is 0.320. The molecule has 0 N–H and O–H groups in total. The molecule has 0 unspecified atom stereocenters. The second kappa shape index (κ2) is 9.36. The number of allylic oxidation sites excluding steroid dienone is 2. The summed E-state index contributed by atoms with van der Waals surface area (Å²) in [6.45, 7) is 6.02. The number of rotatable bonds is 8. The van der Waals surface area contributed by atoms with Crippen molar-refractivity contribution in [3.63, 3.8) is 0 Å². The quantitative estimate of drug-likeness (QED) is 0.329. The predicted octanol–water partition coefficient (Wildman–Crippen LogP) is 5.30. The van der Waals surface area contributed by atoms with Crippen molar-refractivity contribution < 1.29 is 19.0 Å². The lowest BCUT2D eigenvalue weighted by Gasteiger charge is -2.13. The van der Waals surface area contributed by atoms with Gasteiger partial charge in [-0.05, 0) is 42.7 Å². The van der Waals surface area contributed by atoms with Crippen LogP contribution in [0.25, 0.3) is 0 Å². The minimum absolute atomic E-state index is 0.187. The lowest BCUT2D eigenvalue weighted by atomic mass is 10.1. The molecule has 1 fully saturated rings. The zero-order valence-corrected chi connectivity index (χ0v) is 17.7. The second-order valence-corrected chi connectivity index (χ2v) is 7.83. The lowest BCUT2D eigenvalue weighted by molar-refractivity contribution is -0.149. The number of esters is 1. The topological polar surface area (TPSA) is 92.3 Å². The van der Waals surface area contributed by atoms with Crippen molar-refractivity contribution in [1.82, 2.24) is 0 Å². The van der Waals surface area contributed by atoms with Crippen LogP contribution in [0.15, 0.2) is 66.4 Å². The van der Waals surface area contributed by atoms with Gasteiger partial charge in [-0.1, -0.05) is 44.2 Å². The van der Waals surface area contributed by atoms with Gasteiger partial charge in [0, 0.05) is 11.5 Å². The molecular weight excluding hydrogens is 392 g/mol. The number of hydrogen-bond acceptors (Lipinski definition) is 6. The van der Waals surface area contributed by atoms with Gasteiger partial charge in [-0.3, -0.25) is 4.79 Å². The van der Waals surface area contributed by atoms with Crippen molar-refractivity contribution in [2.24, 2.45) is 17.3 Å². The Balaban J connectivity index is 1.72. The largest absolute Gasteiger partial charge is 0.484 e. The molecule has 0 radical (unpaired) electrons. The summed E-state index contributed by atoms with van der Waals surface area (Å²) in [6.07, 6.45) is 0.612. The van der Waals surface area contributed by atoms with Crippen LogP contribution in [-0.4, -0.2) is 12.6 Å². The Bertz CT molecular complexity index is 1050. The van der Waals surface area contributed by atoms with Crippen molar-refractivity contribution in [2.45, 2.75) is 26.9 Å². The van der Waals surface area contributed by atoms with Crippen LogP contribution in [0.5, 0.6) is 11.5 Å². The van der Waals surface area contributed by atoms with Gasteiger partial charge in [-0.2, -0.15) is 10.5 Å². The highest BCUT2D eigenvalue weighted by Crippen LogP contribution is 2.60. The molecule has 158 valence electrons. The molecule has 1 aliphatic rings. The molecule has 0 aromatic heterocycles. The Kier molecular flexibility index (Phi) is 6.62. The molecule has 0 bridgehead atoms. The van der Waals surface area contributed by atoms with Crippen LogP contribution < -0.4 is 4.74 Å². The van der Waals surface area contributed by atoms with E-state index in [0.717, 1.165) is 0 Å². The molecule has 0 heterocycles. The number of nitriles is 2. The number of para-hydroxylation sites is 1. The molecule has 3 atom stereocenters. The molecule has 2 aromatic rings. The summed E-state index contributed by atoms with van der Waals surface area (Å²) < 4.78 is 16.6. The van der Waals surface area contributed by atoms with Crippen LogP contribution >= 0.6 is 0 Å². The number of nitrogens with zero attached hydrogens (tertiary/aromatic N) is 2. The van der Waals surface area contributed by atoms with Gasteiger partial charge >= 0.3 is 5.97 Å². The normalized spacial score (nSPS) is 20.0. The third-order valence-corrected chi connectivity index (χ3v) is 5.40. The highest BCUT2D eigenvalue weighted by atomic mass is 16.5. The molecule has 6 nitrogen and oxygen atoms in total. The Morgan fingerprint density at radius 3 is 2.48 bits per heavy atom. The van der Waals surface area contributed by atoms with Gasteiger partial charge in [-0.25, -0.2) is 0 Å². The molecule has 0 spiro atoms. The van der Waals surface area contributed by atoms with Crippen LogP contribution in [-0.2, 0) is 14.3 Å². The average molecular weight is 416 g/mol. The third kappa shape index (κ3) is 5.05. The first-order chi connectivity index (χ1) is 14.9. The maximum Gasteiger partial charge on any atom is 0.311 e. The number of ether oxygens (including phenoxy) is 3. The van der Waals surface area contributed by atoms with Gasteiger partial charge in [-0.15, -0.1) is 0 Å². The SMILES string of the molecule is CCOC(C#N)=C[C@H]1[C@@H](C(=O)O[C@H](C#N)c2cccc(Oc3ccccc3)c2)C1(C)C. The van der Waals surface area contributed by atoms with Gasteiger partial charge in [0.05, 0.1) is 12.5 Å². The predicted molar refractivity (Wildman–Crippen MR) is 113 cm³/mol. The maximum absolute atomic E-state index is 12.8. The first kappa shape index (κ1) is 21.9. The smallest absolute Gasteiger partial charge is 0.311 e. The standard InChI is InChI=1S/C25H24N2O4/c1-4-29-20(15-26)14-21-23(25(21,2)3)24(28)31-22(16-27)17-9-8-12-19(13-17)30-18-10-6-5-7-11-18/h5-14,21-23H,4H2,1-3H3/t21-,22+,23-/m0/s1. The summed E-state index contributed by atoms with van der Waals surface area (Å²) in [7, 11) is 0. The van der Waals surface area contributed by atoms with E-state index in [4.69, 9.17) is 14.2 Å². The van der Waals surface area contributed by atoms with Crippen LogP contribution in [0.1, 0.15) is 32.4 Å². The maximum atomic E-state index is 12.8. The number of carbonyl (C=O) groups excluding carboxylic acids is 1. The molecule has 31 heavy (non-hydrogen) atoms. The van der Waals surface area contributed by atoms with Crippen LogP contribution in [0.3, 0.4) is 0 Å². The lowest BCUT2D eigenvalue weighted by Crippen LogP contribution is -2.14. The van der Waals surface area contributed by atoms with Crippen molar-refractivity contribution in [2.75, 3.05) is 6.61 Å². The third-order valence-electron chi connectivity index (χ3n) is 5.40. The van der Waals surface area contributed by atoms with E-state index in [1.165, 1.54) is 0 Å². The molecule has 0 aliphatic heterocycles. The van der Waals surface area contributed by atoms with Crippen LogP contribution in [0.2, 0.25) is 0 Å². The van der Waals surface area contributed by atoms with E-state index in [2.05, 4.69) is 0 Å². The monoisotopic (exact) mass is 416 g/mol. The van der Waals surface area contributed by atoms with E-state index in [-0.39, 0.29) is 17.1 Å². The summed E-state index contributed by atoms with van der Waals surface area (Å²) in [5.74, 6) is 0.300. The minimum Gasteiger partial charge on any atom is -0.484 e. The highest BCUT2D eigenvalue weighted by molar-refractivity contribution is 5.78. The Morgan fingerprint density at radius 2 is 1.84 bits per heavy atom. The van der Waals surface area contributed by atoms with E-state index in [0.29, 0.717) is 23.7 Å². The summed E-state index contributed by atoms with van der Waals surface area (Å²) >= 11 is 0. The van der Waals surface area contributed by atoms with E-state index in [1.807, 2.05) is 56.3 Å². The van der Waals surface area contributed by atoms with Crippen LogP contribution in [0.4, 0.5) is 0 Å². The molecule has 0 amide bonds. The average Bonchev–Trinajstić information content (AvgIpc) is 3.32. The molecule has 6 heteroatoms. The highest BCUT2D eigenvalue weighted by Gasteiger charge is 2.62. The zero-order chi connectivity index (χ0) is 22.4. The van der Waals surface area contributed by atoms with Gasteiger partial charge in [0.2, 0.25) is 6.10 Å². The van der Waals surface area contributed by atoms with E-state index in [9.17, 15) is 15.3 Å². The molecular formula is C25H24N2O4. The van der Waals surface area contributed by atoms with E-state index in [1.54, 1.807) is 37.3 Å². The first-order valence-electron chi connectivity index (χ1n) is 10.1. The fourth-order valence-electron chi connectivity index (χ4n) is 3.60. The molecule has 0 saturated heterocycles. The summed E-state index contributed by atoms with van der Waals surface area (Å²) in [5.41, 5.74) is 0.149. The van der Waals surface area contributed by atoms with Gasteiger partial charge in [0.1, 0.15) is 23.6 Å². The van der Waals surface area contributed by atoms with Crippen molar-refractivity contribution in [3.8, 4) is 23.6 Å². The van der Waals surface area contributed by atoms with Crippen molar-refractivity contribution in [1.29, 1.82) is 10.5 Å². The van der Waals surface area contributed by atoms with Gasteiger partial charge in [0.25, 0.3) is 0 Å². The van der Waals surface area contributed by atoms with Gasteiger partial charge in [0.15, 0.2) is 5.76 Å².